The van der Waals surface area contributed by atoms with Gasteiger partial charge in [0.1, 0.15) is 10.0 Å². The van der Waals surface area contributed by atoms with Crippen LogP contribution in [0.15, 0.2) is 29.8 Å². The highest BCUT2D eigenvalue weighted by atomic mass is 35.5. The zero-order chi connectivity index (χ0) is 14.4. The van der Waals surface area contributed by atoms with E-state index in [9.17, 15) is 4.79 Å². The molecular formula is C13H11Cl2N3OS. The zero-order valence-corrected chi connectivity index (χ0v) is 12.9. The van der Waals surface area contributed by atoms with Crippen LogP contribution < -0.4 is 5.32 Å². The van der Waals surface area contributed by atoms with Crippen molar-refractivity contribution in [3.8, 4) is 11.4 Å². The third kappa shape index (κ3) is 2.30. The van der Waals surface area contributed by atoms with E-state index >= 15 is 0 Å². The fraction of sp³-hybridized carbons (Fsp3) is 0.308. The maximum absolute atomic E-state index is 12.1. The number of rotatable bonds is 3. The first-order chi connectivity index (χ1) is 9.42. The normalized spacial score (nSPS) is 23.4. The van der Waals surface area contributed by atoms with Crippen molar-refractivity contribution in [2.45, 2.75) is 17.7 Å². The maximum atomic E-state index is 12.1. The van der Waals surface area contributed by atoms with E-state index in [-0.39, 0.29) is 5.91 Å². The van der Waals surface area contributed by atoms with Crippen molar-refractivity contribution < 1.29 is 4.79 Å². The predicted molar refractivity (Wildman–Crippen MR) is 81.1 cm³/mol. The topological polar surface area (TPSA) is 54.9 Å². The van der Waals surface area contributed by atoms with Crippen LogP contribution in [0.1, 0.15) is 13.3 Å². The molecule has 104 valence electrons. The minimum Gasteiger partial charge on any atom is -0.301 e. The standard InChI is InChI=1S/C13H11Cl2N3OS/c1-12(7-13(12,14)15)10(19)18-11-17-9(6-20-11)8-4-2-3-5-16-8/h2-6H,7H2,1H3,(H,17,18,19). The van der Waals surface area contributed by atoms with Crippen molar-refractivity contribution in [1.82, 2.24) is 9.97 Å². The molecule has 0 radical (unpaired) electrons. The van der Waals surface area contributed by atoms with Gasteiger partial charge in [0, 0.05) is 11.6 Å². The van der Waals surface area contributed by atoms with Gasteiger partial charge < -0.3 is 5.32 Å². The van der Waals surface area contributed by atoms with Crippen LogP contribution in [-0.4, -0.2) is 20.2 Å². The van der Waals surface area contributed by atoms with E-state index in [4.69, 9.17) is 23.2 Å². The minimum atomic E-state index is -0.974. The number of nitrogens with one attached hydrogen (secondary N) is 1. The van der Waals surface area contributed by atoms with Gasteiger partial charge in [-0.15, -0.1) is 34.5 Å². The van der Waals surface area contributed by atoms with Crippen LogP contribution >= 0.6 is 34.5 Å². The third-order valence-corrected chi connectivity index (χ3v) is 5.27. The lowest BCUT2D eigenvalue weighted by molar-refractivity contribution is -0.120. The molecule has 1 fully saturated rings. The van der Waals surface area contributed by atoms with Crippen LogP contribution in [0.4, 0.5) is 5.13 Å². The number of anilines is 1. The average Bonchev–Trinajstić information content (AvgIpc) is 2.78. The summed E-state index contributed by atoms with van der Waals surface area (Å²) in [6.07, 6.45) is 2.15. The van der Waals surface area contributed by atoms with Crippen molar-refractivity contribution in [1.29, 1.82) is 0 Å². The number of nitrogens with zero attached hydrogens (tertiary/aromatic N) is 2. The molecule has 0 saturated heterocycles. The summed E-state index contributed by atoms with van der Waals surface area (Å²) in [7, 11) is 0. The molecule has 1 unspecified atom stereocenters. The summed E-state index contributed by atoms with van der Waals surface area (Å²) in [5.41, 5.74) is 0.758. The number of halogens is 2. The first kappa shape index (κ1) is 13.8. The van der Waals surface area contributed by atoms with Gasteiger partial charge in [0.05, 0.1) is 11.1 Å². The average molecular weight is 328 g/mol. The molecule has 0 bridgehead atoms. The molecular weight excluding hydrogens is 317 g/mol. The summed E-state index contributed by atoms with van der Waals surface area (Å²) in [5, 5.41) is 5.13. The van der Waals surface area contributed by atoms with Gasteiger partial charge in [-0.2, -0.15) is 0 Å². The smallest absolute Gasteiger partial charge is 0.235 e. The second-order valence-corrected chi connectivity index (χ2v) is 7.26. The lowest BCUT2D eigenvalue weighted by atomic mass is 10.1. The monoisotopic (exact) mass is 327 g/mol. The fourth-order valence-electron chi connectivity index (χ4n) is 1.84. The molecule has 1 aliphatic carbocycles. The van der Waals surface area contributed by atoms with Gasteiger partial charge in [0.25, 0.3) is 0 Å². The van der Waals surface area contributed by atoms with E-state index in [0.717, 1.165) is 11.4 Å². The predicted octanol–water partition coefficient (Wildman–Crippen LogP) is 3.73. The number of pyridine rings is 1. The molecule has 1 amide bonds. The van der Waals surface area contributed by atoms with E-state index in [0.29, 0.717) is 11.6 Å². The quantitative estimate of drug-likeness (QED) is 0.874. The molecule has 3 rings (SSSR count). The van der Waals surface area contributed by atoms with E-state index in [1.807, 2.05) is 23.6 Å². The van der Waals surface area contributed by atoms with Crippen LogP contribution in [0, 0.1) is 5.41 Å². The first-order valence-electron chi connectivity index (χ1n) is 5.99. The molecule has 1 saturated carbocycles. The Bertz CT molecular complexity index is 659. The summed E-state index contributed by atoms with van der Waals surface area (Å²) in [4.78, 5) is 20.7. The SMILES string of the molecule is CC1(C(=O)Nc2nc(-c3ccccn3)cs2)CC1(Cl)Cl. The van der Waals surface area contributed by atoms with Crippen molar-refractivity contribution in [2.75, 3.05) is 5.32 Å². The molecule has 20 heavy (non-hydrogen) atoms. The van der Waals surface area contributed by atoms with Crippen molar-refractivity contribution in [2.24, 2.45) is 5.41 Å². The molecule has 2 aromatic rings. The van der Waals surface area contributed by atoms with Gasteiger partial charge in [-0.3, -0.25) is 9.78 Å². The van der Waals surface area contributed by atoms with Gasteiger partial charge in [0.15, 0.2) is 5.13 Å². The van der Waals surface area contributed by atoms with Crippen molar-refractivity contribution >= 4 is 45.6 Å². The van der Waals surface area contributed by atoms with Crippen LogP contribution in [0.25, 0.3) is 11.4 Å². The van der Waals surface area contributed by atoms with Gasteiger partial charge in [-0.05, 0) is 25.5 Å². The molecule has 2 aromatic heterocycles. The van der Waals surface area contributed by atoms with Gasteiger partial charge in [-0.1, -0.05) is 6.07 Å². The number of hydrogen-bond donors (Lipinski definition) is 1. The number of alkyl halides is 2. The van der Waals surface area contributed by atoms with Crippen LogP contribution in [0.2, 0.25) is 0 Å². The van der Waals surface area contributed by atoms with Gasteiger partial charge >= 0.3 is 0 Å². The highest BCUT2D eigenvalue weighted by Crippen LogP contribution is 2.64. The molecule has 0 spiro atoms. The Morgan fingerprint density at radius 2 is 2.15 bits per heavy atom. The van der Waals surface area contributed by atoms with Crippen LogP contribution in [0.3, 0.4) is 0 Å². The largest absolute Gasteiger partial charge is 0.301 e. The van der Waals surface area contributed by atoms with Crippen molar-refractivity contribution in [3.63, 3.8) is 0 Å². The Balaban J connectivity index is 1.74. The summed E-state index contributed by atoms with van der Waals surface area (Å²) in [6, 6.07) is 5.60. The van der Waals surface area contributed by atoms with Crippen LogP contribution in [0.5, 0.6) is 0 Å². The molecule has 4 nitrogen and oxygen atoms in total. The summed E-state index contributed by atoms with van der Waals surface area (Å²) < 4.78 is -0.974. The Morgan fingerprint density at radius 1 is 1.40 bits per heavy atom. The van der Waals surface area contributed by atoms with E-state index in [1.54, 1.807) is 13.1 Å². The number of aromatic nitrogens is 2. The van der Waals surface area contributed by atoms with E-state index in [2.05, 4.69) is 15.3 Å². The Hall–Kier alpha value is -1.17. The minimum absolute atomic E-state index is 0.204. The molecule has 2 heterocycles. The second kappa shape index (κ2) is 4.69. The number of carbonyl (C=O) groups is 1. The molecule has 1 N–H and O–H groups in total. The summed E-state index contributed by atoms with van der Waals surface area (Å²) in [5.74, 6) is -0.204. The summed E-state index contributed by atoms with van der Waals surface area (Å²) >= 11 is 13.3. The number of thiazole rings is 1. The Kier molecular flexibility index (Phi) is 3.23. The number of hydrogen-bond acceptors (Lipinski definition) is 4. The Labute approximate surface area is 130 Å². The maximum Gasteiger partial charge on any atom is 0.235 e. The molecule has 0 aliphatic heterocycles. The fourth-order valence-corrected chi connectivity index (χ4v) is 3.25. The lowest BCUT2D eigenvalue weighted by Gasteiger charge is -2.10. The van der Waals surface area contributed by atoms with Crippen molar-refractivity contribution in [3.05, 3.63) is 29.8 Å². The van der Waals surface area contributed by atoms with E-state index < -0.39 is 9.75 Å². The van der Waals surface area contributed by atoms with Gasteiger partial charge in [0.2, 0.25) is 5.91 Å². The third-order valence-electron chi connectivity index (χ3n) is 3.41. The molecule has 1 aliphatic rings. The van der Waals surface area contributed by atoms with Crippen LogP contribution in [-0.2, 0) is 4.79 Å². The van der Waals surface area contributed by atoms with Gasteiger partial charge in [-0.25, -0.2) is 4.98 Å². The number of amides is 1. The zero-order valence-electron chi connectivity index (χ0n) is 10.6. The molecule has 0 aromatic carbocycles. The first-order valence-corrected chi connectivity index (χ1v) is 7.62. The summed E-state index contributed by atoms with van der Waals surface area (Å²) in [6.45, 7) is 1.75. The molecule has 1 atom stereocenters. The number of carbonyl (C=O) groups excluding carboxylic acids is 1. The van der Waals surface area contributed by atoms with E-state index in [1.165, 1.54) is 11.3 Å². The lowest BCUT2D eigenvalue weighted by Crippen LogP contribution is -2.25. The highest BCUT2D eigenvalue weighted by molar-refractivity contribution is 7.14. The second-order valence-electron chi connectivity index (χ2n) is 4.92. The molecule has 7 heteroatoms. The Morgan fingerprint density at radius 3 is 2.75 bits per heavy atom. The highest BCUT2D eigenvalue weighted by Gasteiger charge is 2.68.